The number of fused-ring (bicyclic) bond motifs is 2. The number of benzene rings is 1. The van der Waals surface area contributed by atoms with Crippen molar-refractivity contribution in [3.8, 4) is 0 Å². The molecule has 1 N–H and O–H groups in total. The van der Waals surface area contributed by atoms with Gasteiger partial charge in [0.1, 0.15) is 0 Å². The van der Waals surface area contributed by atoms with Crippen molar-refractivity contribution < 1.29 is 22.7 Å². The van der Waals surface area contributed by atoms with Crippen LogP contribution in [0.5, 0.6) is 0 Å². The van der Waals surface area contributed by atoms with Gasteiger partial charge in [0.05, 0.1) is 18.4 Å². The summed E-state index contributed by atoms with van der Waals surface area (Å²) in [6.45, 7) is 1.49. The highest BCUT2D eigenvalue weighted by Crippen LogP contribution is 2.42. The first-order valence-electron chi connectivity index (χ1n) is 9.66. The number of aryl methyl sites for hydroxylation is 1. The largest absolute Gasteiger partial charge is 0.419 e. The molecule has 3 heterocycles. The maximum Gasteiger partial charge on any atom is 0.419 e. The SMILES string of the molecule is CS(=O)(=O)N1C[C@@H]2CCN(C(=O)CCn3c(=O)oc4ccccc43)C[C@]2(CO)C1. The second-order valence-corrected chi connectivity index (χ2v) is 10.1. The van der Waals surface area contributed by atoms with E-state index in [2.05, 4.69) is 0 Å². The van der Waals surface area contributed by atoms with Crippen molar-refractivity contribution in [1.29, 1.82) is 0 Å². The van der Waals surface area contributed by atoms with E-state index in [0.29, 0.717) is 37.2 Å². The van der Waals surface area contributed by atoms with E-state index in [0.717, 1.165) is 0 Å². The molecule has 2 saturated heterocycles. The predicted octanol–water partition coefficient (Wildman–Crippen LogP) is 0.0870. The minimum absolute atomic E-state index is 0.0340. The minimum Gasteiger partial charge on any atom is -0.408 e. The van der Waals surface area contributed by atoms with Crippen LogP contribution in [-0.4, -0.2) is 72.2 Å². The topological polar surface area (TPSA) is 113 Å². The van der Waals surface area contributed by atoms with Crippen molar-refractivity contribution in [2.45, 2.75) is 19.4 Å². The third kappa shape index (κ3) is 3.60. The van der Waals surface area contributed by atoms with Crippen LogP contribution >= 0.6 is 0 Å². The highest BCUT2D eigenvalue weighted by molar-refractivity contribution is 7.88. The normalized spacial score (nSPS) is 25.4. The number of carbonyl (C=O) groups is 1. The molecule has 29 heavy (non-hydrogen) atoms. The number of hydrogen-bond donors (Lipinski definition) is 1. The van der Waals surface area contributed by atoms with Crippen molar-refractivity contribution in [2.24, 2.45) is 11.3 Å². The average molecular weight is 423 g/mol. The molecule has 158 valence electrons. The number of aromatic nitrogens is 1. The van der Waals surface area contributed by atoms with Crippen LogP contribution in [0.15, 0.2) is 33.5 Å². The van der Waals surface area contributed by atoms with Crippen molar-refractivity contribution >= 4 is 27.0 Å². The van der Waals surface area contributed by atoms with Gasteiger partial charge in [0.2, 0.25) is 15.9 Å². The summed E-state index contributed by atoms with van der Waals surface area (Å²) in [5.41, 5.74) is 0.503. The molecule has 10 heteroatoms. The van der Waals surface area contributed by atoms with Crippen molar-refractivity contribution in [2.75, 3.05) is 39.0 Å². The first kappa shape index (κ1) is 20.1. The monoisotopic (exact) mass is 423 g/mol. The van der Waals surface area contributed by atoms with Gasteiger partial charge < -0.3 is 14.4 Å². The van der Waals surface area contributed by atoms with Crippen molar-refractivity contribution in [3.05, 3.63) is 34.8 Å². The van der Waals surface area contributed by atoms with Crippen LogP contribution in [0.2, 0.25) is 0 Å². The molecule has 2 fully saturated rings. The van der Waals surface area contributed by atoms with E-state index in [1.54, 1.807) is 29.2 Å². The van der Waals surface area contributed by atoms with Gasteiger partial charge >= 0.3 is 5.76 Å². The van der Waals surface area contributed by atoms with Gasteiger partial charge in [-0.1, -0.05) is 12.1 Å². The Kier molecular flexibility index (Phi) is 5.04. The van der Waals surface area contributed by atoms with Crippen LogP contribution in [0.3, 0.4) is 0 Å². The number of rotatable bonds is 5. The molecule has 1 aromatic heterocycles. The highest BCUT2D eigenvalue weighted by atomic mass is 32.2. The molecule has 4 rings (SSSR count). The number of amides is 1. The summed E-state index contributed by atoms with van der Waals surface area (Å²) >= 11 is 0. The van der Waals surface area contributed by atoms with E-state index in [1.807, 2.05) is 0 Å². The van der Waals surface area contributed by atoms with Crippen LogP contribution in [0, 0.1) is 11.3 Å². The van der Waals surface area contributed by atoms with Gasteiger partial charge in [-0.2, -0.15) is 0 Å². The fraction of sp³-hybridized carbons (Fsp3) is 0.579. The van der Waals surface area contributed by atoms with Gasteiger partial charge in [-0.25, -0.2) is 17.5 Å². The molecule has 1 aromatic carbocycles. The summed E-state index contributed by atoms with van der Waals surface area (Å²) < 4.78 is 31.9. The summed E-state index contributed by atoms with van der Waals surface area (Å²) in [7, 11) is -3.34. The average Bonchev–Trinajstić information content (AvgIpc) is 3.23. The molecule has 9 nitrogen and oxygen atoms in total. The van der Waals surface area contributed by atoms with E-state index in [4.69, 9.17) is 4.42 Å². The lowest BCUT2D eigenvalue weighted by Crippen LogP contribution is -2.52. The second kappa shape index (κ2) is 7.26. The number of para-hydroxylation sites is 2. The lowest BCUT2D eigenvalue weighted by atomic mass is 9.74. The molecule has 0 unspecified atom stereocenters. The van der Waals surface area contributed by atoms with Crippen LogP contribution in [-0.2, 0) is 21.4 Å². The third-order valence-electron chi connectivity index (χ3n) is 6.29. The summed E-state index contributed by atoms with van der Waals surface area (Å²) in [6.07, 6.45) is 1.95. The number of sulfonamides is 1. The van der Waals surface area contributed by atoms with Crippen LogP contribution in [0.25, 0.3) is 11.1 Å². The van der Waals surface area contributed by atoms with E-state index < -0.39 is 21.2 Å². The van der Waals surface area contributed by atoms with Crippen LogP contribution in [0.1, 0.15) is 12.8 Å². The number of aliphatic hydroxyl groups excluding tert-OH is 1. The van der Waals surface area contributed by atoms with E-state index in [-0.39, 0.29) is 37.9 Å². The lowest BCUT2D eigenvalue weighted by molar-refractivity contribution is -0.136. The van der Waals surface area contributed by atoms with Gasteiger partial charge in [-0.05, 0) is 24.5 Å². The van der Waals surface area contributed by atoms with E-state index in [1.165, 1.54) is 15.1 Å². The second-order valence-electron chi connectivity index (χ2n) is 8.11. The zero-order chi connectivity index (χ0) is 20.8. The first-order valence-corrected chi connectivity index (χ1v) is 11.5. The molecule has 2 aliphatic heterocycles. The number of aliphatic hydroxyl groups is 1. The predicted molar refractivity (Wildman–Crippen MR) is 106 cm³/mol. The number of piperidine rings is 1. The Bertz CT molecular complexity index is 1090. The molecule has 2 atom stereocenters. The quantitative estimate of drug-likeness (QED) is 0.729. The Morgan fingerprint density at radius 1 is 1.31 bits per heavy atom. The van der Waals surface area contributed by atoms with E-state index >= 15 is 0 Å². The molecular formula is C19H25N3O6S. The Hall–Kier alpha value is -2.17. The van der Waals surface area contributed by atoms with Crippen LogP contribution < -0.4 is 5.76 Å². The van der Waals surface area contributed by atoms with Gasteiger partial charge in [-0.3, -0.25) is 9.36 Å². The Morgan fingerprint density at radius 3 is 2.79 bits per heavy atom. The molecule has 0 radical (unpaired) electrons. The zero-order valence-corrected chi connectivity index (χ0v) is 17.1. The molecule has 0 saturated carbocycles. The molecule has 1 amide bonds. The Morgan fingerprint density at radius 2 is 2.07 bits per heavy atom. The molecule has 2 aromatic rings. The maximum atomic E-state index is 12.8. The summed E-state index contributed by atoms with van der Waals surface area (Å²) in [5, 5.41) is 10.1. The fourth-order valence-electron chi connectivity index (χ4n) is 4.62. The number of carbonyl (C=O) groups excluding carboxylic acids is 1. The lowest BCUT2D eigenvalue weighted by Gasteiger charge is -2.43. The summed E-state index contributed by atoms with van der Waals surface area (Å²) in [6, 6.07) is 7.06. The van der Waals surface area contributed by atoms with Gasteiger partial charge in [-0.15, -0.1) is 0 Å². The van der Waals surface area contributed by atoms with Crippen LogP contribution in [0.4, 0.5) is 0 Å². The van der Waals surface area contributed by atoms with E-state index in [9.17, 15) is 23.1 Å². The maximum absolute atomic E-state index is 12.8. The minimum atomic E-state index is -3.34. The Labute approximate surface area is 168 Å². The smallest absolute Gasteiger partial charge is 0.408 e. The van der Waals surface area contributed by atoms with Crippen molar-refractivity contribution in [1.82, 2.24) is 13.8 Å². The van der Waals surface area contributed by atoms with Gasteiger partial charge in [0.25, 0.3) is 0 Å². The fourth-order valence-corrected chi connectivity index (χ4v) is 5.56. The van der Waals surface area contributed by atoms with Crippen molar-refractivity contribution in [3.63, 3.8) is 0 Å². The summed E-state index contributed by atoms with van der Waals surface area (Å²) in [4.78, 5) is 26.6. The number of oxazole rings is 1. The molecular weight excluding hydrogens is 398 g/mol. The summed E-state index contributed by atoms with van der Waals surface area (Å²) in [5.74, 6) is -0.581. The van der Waals surface area contributed by atoms with Gasteiger partial charge in [0.15, 0.2) is 5.58 Å². The Balaban J connectivity index is 1.46. The number of likely N-dealkylation sites (tertiary alicyclic amines) is 1. The van der Waals surface area contributed by atoms with Gasteiger partial charge in [0, 0.05) is 44.6 Å². The number of hydrogen-bond acceptors (Lipinski definition) is 6. The highest BCUT2D eigenvalue weighted by Gasteiger charge is 2.52. The standard InChI is InChI=1S/C19H25N3O6S/c1-29(26,27)21-10-14-6-8-20(11-19(14,12-21)13-23)17(24)7-9-22-15-4-2-3-5-16(15)28-18(22)25/h2-5,14,23H,6-13H2,1H3/t14-,19+/m0/s1. The third-order valence-corrected chi connectivity index (χ3v) is 7.51. The first-order chi connectivity index (χ1) is 13.7. The molecule has 0 bridgehead atoms. The number of nitrogens with zero attached hydrogens (tertiary/aromatic N) is 3. The molecule has 0 aliphatic carbocycles. The zero-order valence-electron chi connectivity index (χ0n) is 16.3. The molecule has 0 spiro atoms. The molecule has 2 aliphatic rings.